The summed E-state index contributed by atoms with van der Waals surface area (Å²) in [5.74, 6) is 1.91. The minimum Gasteiger partial charge on any atom is -0.208 e. The molecule has 0 aliphatic heterocycles. The fourth-order valence-corrected chi connectivity index (χ4v) is 10.6. The molecule has 0 N–H and O–H groups in total. The number of hydrogen-bond acceptors (Lipinski definition) is 3. The van der Waals surface area contributed by atoms with Crippen LogP contribution in [0, 0.1) is 0 Å². The molecule has 10 aromatic rings. The Labute approximate surface area is 387 Å². The van der Waals surface area contributed by atoms with Gasteiger partial charge in [0, 0.05) is 22.1 Å². The van der Waals surface area contributed by atoms with Gasteiger partial charge in [0.25, 0.3) is 0 Å². The summed E-state index contributed by atoms with van der Waals surface area (Å²) in [6.45, 7) is 0. The molecule has 0 atom stereocenters. The van der Waals surface area contributed by atoms with Crippen LogP contribution in [0.4, 0.5) is 0 Å². The number of rotatable bonds is 8. The maximum atomic E-state index is 5.12. The molecule has 0 radical (unpaired) electrons. The van der Waals surface area contributed by atoms with Crippen molar-refractivity contribution in [2.75, 3.05) is 0 Å². The number of hydrogen-bond donors (Lipinski definition) is 0. The average Bonchev–Trinajstić information content (AvgIpc) is 3.66. The molecule has 66 heavy (non-hydrogen) atoms. The van der Waals surface area contributed by atoms with Gasteiger partial charge in [0.2, 0.25) is 0 Å². The van der Waals surface area contributed by atoms with E-state index in [4.69, 9.17) is 15.0 Å². The van der Waals surface area contributed by atoms with E-state index in [0.717, 1.165) is 44.5 Å². The molecule has 1 saturated carbocycles. The molecule has 9 aromatic carbocycles. The Morgan fingerprint density at radius 3 is 1.15 bits per heavy atom. The molecule has 1 heterocycles. The minimum atomic E-state index is 0.138. The summed E-state index contributed by atoms with van der Waals surface area (Å²) in [5, 5.41) is 0. The average molecular weight is 846 g/mol. The monoisotopic (exact) mass is 845 g/mol. The zero-order valence-electron chi connectivity index (χ0n) is 36.7. The van der Waals surface area contributed by atoms with E-state index in [9.17, 15) is 0 Å². The summed E-state index contributed by atoms with van der Waals surface area (Å²) in [6, 6.07) is 80.8. The van der Waals surface area contributed by atoms with Crippen molar-refractivity contribution >= 4 is 0 Å². The van der Waals surface area contributed by atoms with Gasteiger partial charge in [0.1, 0.15) is 0 Å². The Kier molecular flexibility index (Phi) is 10.1. The van der Waals surface area contributed by atoms with Gasteiger partial charge in [0.05, 0.1) is 0 Å². The van der Waals surface area contributed by atoms with E-state index >= 15 is 0 Å². The molecule has 1 spiro atoms. The molecule has 12 rings (SSSR count). The van der Waals surface area contributed by atoms with Crippen molar-refractivity contribution in [2.45, 2.75) is 37.5 Å². The Morgan fingerprint density at radius 2 is 0.591 bits per heavy atom. The SMILES string of the molecule is c1ccc(-c2ccc(-c3nc(-c4ccc(-c5cccc(-c6cccc(-c7ccc8c(c7)C7(CCCCC7)c7ccccc7-8)c6)c5)cc4)nc(-c4cccc(-c5ccccc5)c4)n3)cc2)cc1. The summed E-state index contributed by atoms with van der Waals surface area (Å²) < 4.78 is 0. The van der Waals surface area contributed by atoms with E-state index in [1.165, 1.54) is 82.2 Å². The quantitative estimate of drug-likeness (QED) is 0.153. The van der Waals surface area contributed by atoms with Gasteiger partial charge < -0.3 is 0 Å². The first-order valence-electron chi connectivity index (χ1n) is 23.3. The first-order chi connectivity index (χ1) is 32.6. The van der Waals surface area contributed by atoms with E-state index in [2.05, 4.69) is 212 Å². The number of benzene rings is 9. The van der Waals surface area contributed by atoms with Crippen molar-refractivity contribution in [3.63, 3.8) is 0 Å². The molecule has 0 amide bonds. The molecular formula is C63H47N3. The van der Waals surface area contributed by atoms with E-state index in [1.807, 2.05) is 12.1 Å². The molecule has 1 aromatic heterocycles. The Bertz CT molecular complexity index is 3370. The second-order valence-electron chi connectivity index (χ2n) is 17.9. The van der Waals surface area contributed by atoms with Crippen LogP contribution in [0.2, 0.25) is 0 Å². The van der Waals surface area contributed by atoms with Crippen LogP contribution in [0.25, 0.3) is 101 Å². The van der Waals surface area contributed by atoms with Gasteiger partial charge in [-0.05, 0) is 115 Å². The lowest BCUT2D eigenvalue weighted by Crippen LogP contribution is -2.28. The second kappa shape index (κ2) is 16.8. The molecule has 0 saturated heterocycles. The van der Waals surface area contributed by atoms with Crippen LogP contribution in [-0.4, -0.2) is 15.0 Å². The van der Waals surface area contributed by atoms with Crippen LogP contribution >= 0.6 is 0 Å². The van der Waals surface area contributed by atoms with Gasteiger partial charge in [-0.2, -0.15) is 0 Å². The van der Waals surface area contributed by atoms with Gasteiger partial charge >= 0.3 is 0 Å². The summed E-state index contributed by atoms with van der Waals surface area (Å²) >= 11 is 0. The smallest absolute Gasteiger partial charge is 0.164 e. The molecule has 2 aliphatic rings. The highest BCUT2D eigenvalue weighted by Gasteiger charge is 2.43. The predicted molar refractivity (Wildman–Crippen MR) is 273 cm³/mol. The van der Waals surface area contributed by atoms with Gasteiger partial charge in [-0.15, -0.1) is 0 Å². The highest BCUT2D eigenvalue weighted by Crippen LogP contribution is 2.56. The Balaban J connectivity index is 0.859. The Hall–Kier alpha value is -8.01. The number of nitrogens with zero attached hydrogens (tertiary/aromatic N) is 3. The third-order valence-electron chi connectivity index (χ3n) is 14.0. The van der Waals surface area contributed by atoms with Gasteiger partial charge in [-0.3, -0.25) is 0 Å². The van der Waals surface area contributed by atoms with Crippen molar-refractivity contribution in [3.05, 3.63) is 236 Å². The lowest BCUT2D eigenvalue weighted by molar-refractivity contribution is 0.353. The predicted octanol–water partition coefficient (Wildman–Crippen LogP) is 16.4. The summed E-state index contributed by atoms with van der Waals surface area (Å²) in [7, 11) is 0. The first kappa shape index (κ1) is 39.6. The van der Waals surface area contributed by atoms with E-state index in [1.54, 1.807) is 0 Å². The number of fused-ring (bicyclic) bond motifs is 5. The lowest BCUT2D eigenvalue weighted by Gasteiger charge is -2.36. The second-order valence-corrected chi connectivity index (χ2v) is 17.9. The van der Waals surface area contributed by atoms with Crippen LogP contribution < -0.4 is 0 Å². The normalized spacial score (nSPS) is 13.6. The maximum absolute atomic E-state index is 5.12. The van der Waals surface area contributed by atoms with Gasteiger partial charge in [0.15, 0.2) is 17.5 Å². The van der Waals surface area contributed by atoms with Crippen LogP contribution in [0.1, 0.15) is 43.2 Å². The molecular weight excluding hydrogens is 799 g/mol. The lowest BCUT2D eigenvalue weighted by atomic mass is 9.67. The standard InChI is InChI=1S/C63H47N3/c1-4-15-43(16-5-1)45-27-31-47(32-28-45)60-64-61(66-62(65-60)55-24-14-20-50(41-55)44-17-6-2-7-18-44)48-33-29-46(30-34-48)49-19-12-21-51(39-49)52-22-13-23-53(40-52)54-35-36-57-56-25-8-9-26-58(56)63(59(57)42-54)37-10-3-11-38-63/h1-2,4-9,12-36,39-42H,3,10-11,37-38H2. The number of aromatic nitrogens is 3. The molecule has 0 unspecified atom stereocenters. The minimum absolute atomic E-state index is 0.138. The molecule has 1 fully saturated rings. The van der Waals surface area contributed by atoms with Crippen LogP contribution in [0.15, 0.2) is 224 Å². The zero-order chi connectivity index (χ0) is 43.9. The Morgan fingerprint density at radius 1 is 0.242 bits per heavy atom. The first-order valence-corrected chi connectivity index (χ1v) is 23.3. The molecule has 2 aliphatic carbocycles. The summed E-state index contributed by atoms with van der Waals surface area (Å²) in [4.78, 5) is 15.3. The van der Waals surface area contributed by atoms with Gasteiger partial charge in [-0.25, -0.2) is 15.0 Å². The van der Waals surface area contributed by atoms with E-state index in [0.29, 0.717) is 17.5 Å². The summed E-state index contributed by atoms with van der Waals surface area (Å²) in [5.41, 5.74) is 20.7. The van der Waals surface area contributed by atoms with E-state index in [-0.39, 0.29) is 5.41 Å². The molecule has 314 valence electrons. The van der Waals surface area contributed by atoms with E-state index < -0.39 is 0 Å². The van der Waals surface area contributed by atoms with Crippen LogP contribution in [0.3, 0.4) is 0 Å². The topological polar surface area (TPSA) is 38.7 Å². The van der Waals surface area contributed by atoms with Crippen molar-refractivity contribution < 1.29 is 0 Å². The van der Waals surface area contributed by atoms with Crippen LogP contribution in [0.5, 0.6) is 0 Å². The highest BCUT2D eigenvalue weighted by atomic mass is 15.0. The fraction of sp³-hybridized carbons (Fsp3) is 0.0952. The van der Waals surface area contributed by atoms with Crippen molar-refractivity contribution in [2.24, 2.45) is 0 Å². The van der Waals surface area contributed by atoms with Crippen molar-refractivity contribution in [1.82, 2.24) is 15.0 Å². The molecule has 3 nitrogen and oxygen atoms in total. The van der Waals surface area contributed by atoms with Gasteiger partial charge in [-0.1, -0.05) is 219 Å². The highest BCUT2D eigenvalue weighted by molar-refractivity contribution is 5.85. The summed E-state index contributed by atoms with van der Waals surface area (Å²) in [6.07, 6.45) is 6.39. The largest absolute Gasteiger partial charge is 0.208 e. The van der Waals surface area contributed by atoms with Crippen molar-refractivity contribution in [1.29, 1.82) is 0 Å². The zero-order valence-corrected chi connectivity index (χ0v) is 36.7. The fourth-order valence-electron chi connectivity index (χ4n) is 10.6. The maximum Gasteiger partial charge on any atom is 0.164 e. The third-order valence-corrected chi connectivity index (χ3v) is 14.0. The molecule has 0 bridgehead atoms. The van der Waals surface area contributed by atoms with Crippen molar-refractivity contribution in [3.8, 4) is 101 Å². The van der Waals surface area contributed by atoms with Crippen LogP contribution in [-0.2, 0) is 5.41 Å². The molecule has 3 heteroatoms. The third kappa shape index (κ3) is 7.33.